The van der Waals surface area contributed by atoms with Gasteiger partial charge in [-0.1, -0.05) is 12.1 Å². The van der Waals surface area contributed by atoms with Crippen molar-refractivity contribution in [3.63, 3.8) is 0 Å². The first-order valence-electron chi connectivity index (χ1n) is 7.48. The van der Waals surface area contributed by atoms with Gasteiger partial charge in [0.2, 0.25) is 5.91 Å². The Balaban J connectivity index is 1.67. The molecule has 20 heavy (non-hydrogen) atoms. The highest BCUT2D eigenvalue weighted by molar-refractivity contribution is 5.90. The van der Waals surface area contributed by atoms with E-state index in [1.165, 1.54) is 18.4 Å². The second kappa shape index (κ2) is 8.02. The summed E-state index contributed by atoms with van der Waals surface area (Å²) in [6, 6.07) is 8.77. The molecule has 0 radical (unpaired) electrons. The van der Waals surface area contributed by atoms with Crippen LogP contribution in [0.5, 0.6) is 0 Å². The highest BCUT2D eigenvalue weighted by Crippen LogP contribution is 2.19. The van der Waals surface area contributed by atoms with Crippen molar-refractivity contribution in [2.75, 3.05) is 18.5 Å². The highest BCUT2D eigenvalue weighted by atomic mass is 16.5. The zero-order valence-electron chi connectivity index (χ0n) is 12.2. The van der Waals surface area contributed by atoms with Crippen molar-refractivity contribution in [1.29, 1.82) is 0 Å². The van der Waals surface area contributed by atoms with E-state index in [2.05, 4.69) is 22.8 Å². The molecule has 0 aromatic heterocycles. The monoisotopic (exact) mass is 276 g/mol. The maximum atomic E-state index is 11.7. The number of anilines is 1. The van der Waals surface area contributed by atoms with Crippen LogP contribution in [-0.4, -0.2) is 25.2 Å². The van der Waals surface area contributed by atoms with E-state index in [9.17, 15) is 4.79 Å². The van der Waals surface area contributed by atoms with Gasteiger partial charge < -0.3 is 15.4 Å². The third-order valence-electron chi connectivity index (χ3n) is 3.31. The standard InChI is InChI=1S/C16H24N2O2/c1-2-20-11-3-4-16(19)18-15-7-5-13(6-8-15)12-17-14-9-10-14/h5-8,14,17H,2-4,9-12H2,1H3,(H,18,19). The maximum Gasteiger partial charge on any atom is 0.224 e. The molecular weight excluding hydrogens is 252 g/mol. The molecular formula is C16H24N2O2. The lowest BCUT2D eigenvalue weighted by atomic mass is 10.2. The topological polar surface area (TPSA) is 50.4 Å². The van der Waals surface area contributed by atoms with Crippen LogP contribution in [0.1, 0.15) is 38.2 Å². The molecule has 0 saturated heterocycles. The maximum absolute atomic E-state index is 11.7. The summed E-state index contributed by atoms with van der Waals surface area (Å²) in [5.74, 6) is 0.0496. The third kappa shape index (κ3) is 5.72. The normalized spacial score (nSPS) is 14.2. The largest absolute Gasteiger partial charge is 0.382 e. The van der Waals surface area contributed by atoms with Gasteiger partial charge >= 0.3 is 0 Å². The van der Waals surface area contributed by atoms with Crippen molar-refractivity contribution in [2.24, 2.45) is 0 Å². The lowest BCUT2D eigenvalue weighted by molar-refractivity contribution is -0.116. The molecule has 0 atom stereocenters. The number of hydrogen-bond donors (Lipinski definition) is 2. The molecule has 1 aliphatic carbocycles. The molecule has 0 spiro atoms. The predicted molar refractivity (Wildman–Crippen MR) is 80.7 cm³/mol. The summed E-state index contributed by atoms with van der Waals surface area (Å²) < 4.78 is 5.21. The fourth-order valence-corrected chi connectivity index (χ4v) is 1.96. The Kier molecular flexibility index (Phi) is 6.02. The molecule has 4 nitrogen and oxygen atoms in total. The molecule has 1 saturated carbocycles. The van der Waals surface area contributed by atoms with Gasteiger partial charge in [-0.25, -0.2) is 0 Å². The molecule has 0 heterocycles. The summed E-state index contributed by atoms with van der Waals surface area (Å²) in [7, 11) is 0. The number of ether oxygens (including phenoxy) is 1. The second-order valence-electron chi connectivity index (χ2n) is 5.20. The Morgan fingerprint density at radius 3 is 2.70 bits per heavy atom. The van der Waals surface area contributed by atoms with Crippen molar-refractivity contribution in [2.45, 2.75) is 45.2 Å². The molecule has 0 aliphatic heterocycles. The Morgan fingerprint density at radius 1 is 1.30 bits per heavy atom. The van der Waals surface area contributed by atoms with Gasteiger partial charge in [0.1, 0.15) is 0 Å². The number of hydrogen-bond acceptors (Lipinski definition) is 3. The van der Waals surface area contributed by atoms with E-state index in [1.54, 1.807) is 0 Å². The van der Waals surface area contributed by atoms with E-state index in [-0.39, 0.29) is 5.91 Å². The molecule has 0 unspecified atom stereocenters. The van der Waals surface area contributed by atoms with Crippen LogP contribution in [0.25, 0.3) is 0 Å². The molecule has 2 N–H and O–H groups in total. The molecule has 4 heteroatoms. The van der Waals surface area contributed by atoms with E-state index < -0.39 is 0 Å². The first-order chi connectivity index (χ1) is 9.78. The Morgan fingerprint density at radius 2 is 2.05 bits per heavy atom. The van der Waals surface area contributed by atoms with E-state index in [0.29, 0.717) is 19.6 Å². The number of nitrogens with one attached hydrogen (secondary N) is 2. The minimum Gasteiger partial charge on any atom is -0.382 e. The lowest BCUT2D eigenvalue weighted by Crippen LogP contribution is -2.15. The van der Waals surface area contributed by atoms with Gasteiger partial charge in [-0.2, -0.15) is 0 Å². The number of benzene rings is 1. The average Bonchev–Trinajstić information content (AvgIpc) is 3.27. The zero-order chi connectivity index (χ0) is 14.2. The van der Waals surface area contributed by atoms with E-state index in [0.717, 1.165) is 24.7 Å². The van der Waals surface area contributed by atoms with Crippen molar-refractivity contribution in [3.8, 4) is 0 Å². The van der Waals surface area contributed by atoms with E-state index >= 15 is 0 Å². The number of carbonyl (C=O) groups is 1. The Hall–Kier alpha value is -1.39. The number of amides is 1. The van der Waals surface area contributed by atoms with Gasteiger partial charge in [0.15, 0.2) is 0 Å². The van der Waals surface area contributed by atoms with Gasteiger partial charge in [0, 0.05) is 37.9 Å². The highest BCUT2D eigenvalue weighted by Gasteiger charge is 2.19. The van der Waals surface area contributed by atoms with Crippen LogP contribution >= 0.6 is 0 Å². The van der Waals surface area contributed by atoms with Crippen LogP contribution in [0.2, 0.25) is 0 Å². The van der Waals surface area contributed by atoms with Crippen molar-refractivity contribution < 1.29 is 9.53 Å². The average molecular weight is 276 g/mol. The summed E-state index contributed by atoms with van der Waals surface area (Å²) in [6.45, 7) is 4.22. The SMILES string of the molecule is CCOCCCC(=O)Nc1ccc(CNC2CC2)cc1. The van der Waals surface area contributed by atoms with Gasteiger partial charge in [-0.15, -0.1) is 0 Å². The summed E-state index contributed by atoms with van der Waals surface area (Å²) in [4.78, 5) is 11.7. The Labute approximate surface area is 120 Å². The minimum absolute atomic E-state index is 0.0496. The Bertz CT molecular complexity index is 413. The molecule has 1 amide bonds. The van der Waals surface area contributed by atoms with E-state index in [1.807, 2.05) is 19.1 Å². The number of rotatable bonds is 9. The predicted octanol–water partition coefficient (Wildman–Crippen LogP) is 2.69. The molecule has 0 bridgehead atoms. The molecule has 2 rings (SSSR count). The quantitative estimate of drug-likeness (QED) is 0.682. The summed E-state index contributed by atoms with van der Waals surface area (Å²) in [5, 5.41) is 6.38. The van der Waals surface area contributed by atoms with Crippen molar-refractivity contribution >= 4 is 11.6 Å². The van der Waals surface area contributed by atoms with Crippen molar-refractivity contribution in [3.05, 3.63) is 29.8 Å². The lowest BCUT2D eigenvalue weighted by Gasteiger charge is -2.07. The summed E-state index contributed by atoms with van der Waals surface area (Å²) in [5.41, 5.74) is 2.12. The van der Waals surface area contributed by atoms with Gasteiger partial charge in [-0.3, -0.25) is 4.79 Å². The van der Waals surface area contributed by atoms with Gasteiger partial charge in [-0.05, 0) is 43.9 Å². The van der Waals surface area contributed by atoms with Gasteiger partial charge in [0.05, 0.1) is 0 Å². The fourth-order valence-electron chi connectivity index (χ4n) is 1.96. The first-order valence-corrected chi connectivity index (χ1v) is 7.48. The summed E-state index contributed by atoms with van der Waals surface area (Å²) >= 11 is 0. The van der Waals surface area contributed by atoms with Crippen LogP contribution in [0, 0.1) is 0 Å². The second-order valence-corrected chi connectivity index (χ2v) is 5.20. The molecule has 1 aliphatic rings. The molecule has 1 fully saturated rings. The number of carbonyl (C=O) groups excluding carboxylic acids is 1. The summed E-state index contributed by atoms with van der Waals surface area (Å²) in [6.07, 6.45) is 3.87. The smallest absolute Gasteiger partial charge is 0.224 e. The van der Waals surface area contributed by atoms with Crippen LogP contribution in [0.4, 0.5) is 5.69 Å². The van der Waals surface area contributed by atoms with Crippen molar-refractivity contribution in [1.82, 2.24) is 5.32 Å². The molecule has 110 valence electrons. The van der Waals surface area contributed by atoms with Crippen LogP contribution in [-0.2, 0) is 16.1 Å². The van der Waals surface area contributed by atoms with Gasteiger partial charge in [0.25, 0.3) is 0 Å². The molecule has 1 aromatic rings. The third-order valence-corrected chi connectivity index (χ3v) is 3.31. The van der Waals surface area contributed by atoms with E-state index in [4.69, 9.17) is 4.74 Å². The van der Waals surface area contributed by atoms with Crippen LogP contribution in [0.15, 0.2) is 24.3 Å². The molecule has 1 aromatic carbocycles. The van der Waals surface area contributed by atoms with Crippen LogP contribution in [0.3, 0.4) is 0 Å². The first kappa shape index (κ1) is 15.0. The van der Waals surface area contributed by atoms with Crippen LogP contribution < -0.4 is 10.6 Å². The fraction of sp³-hybridized carbons (Fsp3) is 0.562. The zero-order valence-corrected chi connectivity index (χ0v) is 12.2. The minimum atomic E-state index is 0.0496.